The Kier molecular flexibility index (Phi) is 3.33. The van der Waals surface area contributed by atoms with Crippen molar-refractivity contribution < 1.29 is 23.6 Å². The van der Waals surface area contributed by atoms with Crippen LogP contribution in [-0.4, -0.2) is 21.0 Å². The van der Waals surface area contributed by atoms with Crippen LogP contribution in [0.25, 0.3) is 0 Å². The highest BCUT2D eigenvalue weighted by Gasteiger charge is 2.27. The fourth-order valence-corrected chi connectivity index (χ4v) is 1.17. The fourth-order valence-electron chi connectivity index (χ4n) is 0.945. The van der Waals surface area contributed by atoms with Crippen molar-refractivity contribution in [2.45, 2.75) is 6.43 Å². The van der Waals surface area contributed by atoms with Gasteiger partial charge in [-0.3, -0.25) is 10.1 Å². The summed E-state index contributed by atoms with van der Waals surface area (Å²) in [6, 6.07) is 0.406. The number of alkyl halides is 2. The number of carboxylic acid groups (broad SMARTS) is 1. The first-order valence-electron chi connectivity index (χ1n) is 3.71. The molecule has 0 aliphatic rings. The molecule has 0 unspecified atom stereocenters. The van der Waals surface area contributed by atoms with E-state index in [1.807, 2.05) is 0 Å². The Morgan fingerprint density at radius 1 is 1.62 bits per heavy atom. The highest BCUT2D eigenvalue weighted by molar-refractivity contribution is 6.30. The van der Waals surface area contributed by atoms with Crippen LogP contribution >= 0.6 is 11.6 Å². The molecule has 86 valence electrons. The molecule has 0 radical (unpaired) electrons. The summed E-state index contributed by atoms with van der Waals surface area (Å²) >= 11 is 5.27. The lowest BCUT2D eigenvalue weighted by molar-refractivity contribution is -0.385. The van der Waals surface area contributed by atoms with E-state index >= 15 is 0 Å². The van der Waals surface area contributed by atoms with Crippen molar-refractivity contribution in [3.8, 4) is 0 Å². The zero-order valence-electron chi connectivity index (χ0n) is 7.35. The number of aromatic carboxylic acids is 1. The van der Waals surface area contributed by atoms with Crippen LogP contribution in [0.3, 0.4) is 0 Å². The van der Waals surface area contributed by atoms with Crippen molar-refractivity contribution in [3.63, 3.8) is 0 Å². The van der Waals surface area contributed by atoms with E-state index in [-0.39, 0.29) is 0 Å². The summed E-state index contributed by atoms with van der Waals surface area (Å²) in [6.07, 6.45) is -3.07. The van der Waals surface area contributed by atoms with Gasteiger partial charge >= 0.3 is 11.7 Å². The first kappa shape index (κ1) is 12.2. The van der Waals surface area contributed by atoms with Gasteiger partial charge in [-0.25, -0.2) is 18.6 Å². The molecule has 1 aromatic heterocycles. The van der Waals surface area contributed by atoms with Gasteiger partial charge in [-0.2, -0.15) is 0 Å². The number of nitro groups is 1. The molecule has 0 bridgehead atoms. The molecule has 0 amide bonds. The normalized spacial score (nSPS) is 10.5. The number of hydrogen-bond donors (Lipinski definition) is 1. The zero-order chi connectivity index (χ0) is 12.5. The quantitative estimate of drug-likeness (QED) is 0.506. The average molecular weight is 253 g/mol. The first-order valence-corrected chi connectivity index (χ1v) is 4.08. The van der Waals surface area contributed by atoms with E-state index < -0.39 is 39.4 Å². The van der Waals surface area contributed by atoms with Gasteiger partial charge in [0.1, 0.15) is 5.15 Å². The highest BCUT2D eigenvalue weighted by atomic mass is 35.5. The van der Waals surface area contributed by atoms with E-state index in [9.17, 15) is 23.7 Å². The molecule has 0 atom stereocenters. The second kappa shape index (κ2) is 4.35. The number of rotatable bonds is 3. The Bertz CT molecular complexity index is 466. The lowest BCUT2D eigenvalue weighted by Gasteiger charge is -2.03. The Labute approximate surface area is 91.6 Å². The van der Waals surface area contributed by atoms with Crippen LogP contribution in [0.1, 0.15) is 22.5 Å². The summed E-state index contributed by atoms with van der Waals surface area (Å²) in [6.45, 7) is 0. The highest BCUT2D eigenvalue weighted by Crippen LogP contribution is 2.30. The van der Waals surface area contributed by atoms with Crippen molar-refractivity contribution in [3.05, 3.63) is 32.6 Å². The van der Waals surface area contributed by atoms with Crippen molar-refractivity contribution in [1.29, 1.82) is 0 Å². The SMILES string of the molecule is O=C(O)c1nc(Cl)c(C(F)F)cc1[N+](=O)[O-]. The molecule has 6 nitrogen and oxygen atoms in total. The maximum Gasteiger partial charge on any atom is 0.361 e. The summed E-state index contributed by atoms with van der Waals surface area (Å²) in [5, 5.41) is 18.2. The molecule has 0 fully saturated rings. The van der Waals surface area contributed by atoms with Gasteiger partial charge in [0.15, 0.2) is 0 Å². The fraction of sp³-hybridized carbons (Fsp3) is 0.143. The summed E-state index contributed by atoms with van der Waals surface area (Å²) in [4.78, 5) is 22.9. The minimum atomic E-state index is -3.07. The number of nitrogens with zero attached hydrogens (tertiary/aromatic N) is 2. The first-order chi connectivity index (χ1) is 7.34. The topological polar surface area (TPSA) is 93.3 Å². The average Bonchev–Trinajstić information content (AvgIpc) is 2.15. The molecule has 16 heavy (non-hydrogen) atoms. The standard InChI is InChI=1S/C7H3ClF2N2O4/c8-5-2(6(9)10)1-3(12(15)16)4(11-5)7(13)14/h1,6H,(H,13,14). The summed E-state index contributed by atoms with van der Waals surface area (Å²) < 4.78 is 24.6. The second-order valence-corrected chi connectivity index (χ2v) is 2.96. The van der Waals surface area contributed by atoms with Gasteiger partial charge in [0.2, 0.25) is 5.69 Å². The molecular formula is C7H3ClF2N2O4. The van der Waals surface area contributed by atoms with Gasteiger partial charge in [0.25, 0.3) is 6.43 Å². The van der Waals surface area contributed by atoms with E-state index in [2.05, 4.69) is 4.98 Å². The molecule has 0 spiro atoms. The molecule has 0 saturated carbocycles. The number of carboxylic acids is 1. The predicted molar refractivity (Wildman–Crippen MR) is 47.8 cm³/mol. The van der Waals surface area contributed by atoms with Crippen LogP contribution in [0.15, 0.2) is 6.07 Å². The van der Waals surface area contributed by atoms with Crippen LogP contribution < -0.4 is 0 Å². The van der Waals surface area contributed by atoms with Crippen molar-refractivity contribution in [2.75, 3.05) is 0 Å². The van der Waals surface area contributed by atoms with Crippen LogP contribution in [0, 0.1) is 10.1 Å². The van der Waals surface area contributed by atoms with Gasteiger partial charge in [0.05, 0.1) is 10.5 Å². The van der Waals surface area contributed by atoms with Gasteiger partial charge in [-0.05, 0) is 0 Å². The van der Waals surface area contributed by atoms with Crippen LogP contribution in [0.5, 0.6) is 0 Å². The Balaban J connectivity index is 3.49. The zero-order valence-corrected chi connectivity index (χ0v) is 8.11. The largest absolute Gasteiger partial charge is 0.476 e. The van der Waals surface area contributed by atoms with E-state index in [1.165, 1.54) is 0 Å². The minimum absolute atomic E-state index is 0.406. The lowest BCUT2D eigenvalue weighted by Crippen LogP contribution is -2.07. The summed E-state index contributed by atoms with van der Waals surface area (Å²) in [5.74, 6) is -1.71. The van der Waals surface area contributed by atoms with Gasteiger partial charge in [-0.1, -0.05) is 11.6 Å². The molecule has 1 N–H and O–H groups in total. The molecule has 0 aliphatic carbocycles. The Morgan fingerprint density at radius 3 is 2.56 bits per heavy atom. The third-order valence-corrected chi connectivity index (χ3v) is 1.92. The van der Waals surface area contributed by atoms with Crippen LogP contribution in [0.4, 0.5) is 14.5 Å². The summed E-state index contributed by atoms with van der Waals surface area (Å²) in [7, 11) is 0. The van der Waals surface area contributed by atoms with E-state index in [4.69, 9.17) is 16.7 Å². The maximum atomic E-state index is 12.3. The number of carbonyl (C=O) groups is 1. The molecule has 0 saturated heterocycles. The van der Waals surface area contributed by atoms with Gasteiger partial charge in [0, 0.05) is 6.07 Å². The van der Waals surface area contributed by atoms with Crippen LogP contribution in [0.2, 0.25) is 5.15 Å². The molecule has 0 aliphatic heterocycles. The smallest absolute Gasteiger partial charge is 0.361 e. The second-order valence-electron chi connectivity index (χ2n) is 2.60. The molecule has 9 heteroatoms. The van der Waals surface area contributed by atoms with E-state index in [0.717, 1.165) is 0 Å². The molecule has 1 rings (SSSR count). The number of pyridine rings is 1. The summed E-state index contributed by atoms with van der Waals surface area (Å²) in [5.41, 5.74) is -2.87. The molecule has 1 heterocycles. The third-order valence-electron chi connectivity index (χ3n) is 1.62. The Morgan fingerprint density at radius 2 is 2.19 bits per heavy atom. The lowest BCUT2D eigenvalue weighted by atomic mass is 10.2. The predicted octanol–water partition coefficient (Wildman–Crippen LogP) is 2.28. The minimum Gasteiger partial charge on any atom is -0.476 e. The van der Waals surface area contributed by atoms with E-state index in [1.54, 1.807) is 0 Å². The van der Waals surface area contributed by atoms with Gasteiger partial charge < -0.3 is 5.11 Å². The van der Waals surface area contributed by atoms with Crippen LogP contribution in [-0.2, 0) is 0 Å². The number of aromatic nitrogens is 1. The molecule has 0 aromatic carbocycles. The number of hydrogen-bond acceptors (Lipinski definition) is 4. The van der Waals surface area contributed by atoms with Crippen molar-refractivity contribution >= 4 is 23.3 Å². The monoisotopic (exact) mass is 252 g/mol. The maximum absolute atomic E-state index is 12.3. The van der Waals surface area contributed by atoms with Crippen molar-refractivity contribution in [1.82, 2.24) is 4.98 Å². The van der Waals surface area contributed by atoms with E-state index in [0.29, 0.717) is 6.07 Å². The van der Waals surface area contributed by atoms with Gasteiger partial charge in [-0.15, -0.1) is 0 Å². The molecule has 1 aromatic rings. The number of halogens is 3. The molecular weight excluding hydrogens is 250 g/mol. The van der Waals surface area contributed by atoms with Crippen molar-refractivity contribution in [2.24, 2.45) is 0 Å². The Hall–Kier alpha value is -1.83. The third kappa shape index (κ3) is 2.22.